The number of rotatable bonds is 1. The summed E-state index contributed by atoms with van der Waals surface area (Å²) in [7, 11) is 0. The Labute approximate surface area is 109 Å². The maximum atomic E-state index is 11.7. The summed E-state index contributed by atoms with van der Waals surface area (Å²) < 4.78 is 5.13. The quantitative estimate of drug-likeness (QED) is 0.555. The lowest BCUT2D eigenvalue weighted by atomic mass is 9.97. The first kappa shape index (κ1) is 13.6. The van der Waals surface area contributed by atoms with E-state index in [4.69, 9.17) is 39.5 Å². The Balaban J connectivity index is 3.03. The van der Waals surface area contributed by atoms with Crippen molar-refractivity contribution in [3.8, 4) is 5.75 Å². The zero-order chi connectivity index (χ0) is 12.5. The number of carbonyl (C=O) groups excluding carboxylic acids is 1. The van der Waals surface area contributed by atoms with Crippen molar-refractivity contribution in [3.63, 3.8) is 0 Å². The lowest BCUT2D eigenvalue weighted by Gasteiger charge is -2.17. The molecule has 1 aromatic carbocycles. The molecule has 0 aliphatic heterocycles. The Bertz CT molecular complexity index is 399. The molecular weight excluding hydrogens is 270 g/mol. The van der Waals surface area contributed by atoms with Gasteiger partial charge in [0.15, 0.2) is 5.75 Å². The van der Waals surface area contributed by atoms with Crippen molar-refractivity contribution in [1.29, 1.82) is 0 Å². The number of hydrogen-bond acceptors (Lipinski definition) is 2. The first-order chi connectivity index (χ1) is 7.21. The van der Waals surface area contributed by atoms with E-state index in [0.29, 0.717) is 5.02 Å². The van der Waals surface area contributed by atoms with Gasteiger partial charge in [-0.05, 0) is 32.9 Å². The van der Waals surface area contributed by atoms with E-state index in [1.54, 1.807) is 20.8 Å². The summed E-state index contributed by atoms with van der Waals surface area (Å²) in [5.41, 5.74) is -0.619. The average molecular weight is 282 g/mol. The molecule has 2 nitrogen and oxygen atoms in total. The van der Waals surface area contributed by atoms with Crippen LogP contribution >= 0.6 is 34.8 Å². The van der Waals surface area contributed by atoms with Gasteiger partial charge in [0.25, 0.3) is 0 Å². The summed E-state index contributed by atoms with van der Waals surface area (Å²) in [6.07, 6.45) is 0. The van der Waals surface area contributed by atoms with Crippen molar-refractivity contribution in [2.45, 2.75) is 20.8 Å². The molecule has 0 atom stereocenters. The monoisotopic (exact) mass is 280 g/mol. The Morgan fingerprint density at radius 1 is 1.12 bits per heavy atom. The van der Waals surface area contributed by atoms with Gasteiger partial charge >= 0.3 is 5.97 Å². The second-order valence-electron chi connectivity index (χ2n) is 4.34. The topological polar surface area (TPSA) is 26.3 Å². The molecule has 88 valence electrons. The molecule has 0 amide bonds. The van der Waals surface area contributed by atoms with Gasteiger partial charge in [-0.3, -0.25) is 4.79 Å². The van der Waals surface area contributed by atoms with Gasteiger partial charge in [0.05, 0.1) is 15.5 Å². The maximum Gasteiger partial charge on any atom is 0.316 e. The van der Waals surface area contributed by atoms with Crippen LogP contribution in [0.3, 0.4) is 0 Å². The number of ether oxygens (including phenoxy) is 1. The van der Waals surface area contributed by atoms with Gasteiger partial charge in [0.2, 0.25) is 0 Å². The fourth-order valence-electron chi connectivity index (χ4n) is 0.872. The minimum absolute atomic E-state index is 0.146. The van der Waals surface area contributed by atoms with Gasteiger partial charge in [-0.2, -0.15) is 0 Å². The zero-order valence-electron chi connectivity index (χ0n) is 9.11. The van der Waals surface area contributed by atoms with Crippen LogP contribution in [0.15, 0.2) is 12.1 Å². The highest BCUT2D eigenvalue weighted by atomic mass is 35.5. The SMILES string of the molecule is CC(C)(C)C(=O)Oc1c(Cl)cc(Cl)cc1Cl. The molecule has 0 aliphatic carbocycles. The highest BCUT2D eigenvalue weighted by Crippen LogP contribution is 2.36. The molecule has 0 heterocycles. The molecule has 1 rings (SSSR count). The number of hydrogen-bond donors (Lipinski definition) is 0. The normalized spacial score (nSPS) is 11.4. The third kappa shape index (κ3) is 3.27. The Hall–Kier alpha value is -0.440. The molecule has 0 radical (unpaired) electrons. The third-order valence-electron chi connectivity index (χ3n) is 1.77. The molecule has 0 saturated carbocycles. The average Bonchev–Trinajstić information content (AvgIpc) is 2.08. The zero-order valence-corrected chi connectivity index (χ0v) is 11.4. The Morgan fingerprint density at radius 2 is 1.56 bits per heavy atom. The van der Waals surface area contributed by atoms with Crippen molar-refractivity contribution < 1.29 is 9.53 Å². The summed E-state index contributed by atoms with van der Waals surface area (Å²) in [4.78, 5) is 11.7. The minimum atomic E-state index is -0.619. The van der Waals surface area contributed by atoms with E-state index in [1.807, 2.05) is 0 Å². The third-order valence-corrected chi connectivity index (χ3v) is 2.55. The molecule has 0 N–H and O–H groups in total. The first-order valence-electron chi connectivity index (χ1n) is 4.58. The summed E-state index contributed by atoms with van der Waals surface area (Å²) in [5.74, 6) is -0.258. The molecule has 16 heavy (non-hydrogen) atoms. The predicted octanol–water partition coefficient (Wildman–Crippen LogP) is 4.60. The molecule has 0 aliphatic rings. The van der Waals surface area contributed by atoms with Crippen molar-refractivity contribution >= 4 is 40.8 Å². The van der Waals surface area contributed by atoms with E-state index in [0.717, 1.165) is 0 Å². The second-order valence-corrected chi connectivity index (χ2v) is 5.59. The molecule has 5 heteroatoms. The van der Waals surface area contributed by atoms with Crippen LogP contribution in [0.4, 0.5) is 0 Å². The van der Waals surface area contributed by atoms with Crippen LogP contribution in [0.2, 0.25) is 15.1 Å². The number of benzene rings is 1. The number of esters is 1. The van der Waals surface area contributed by atoms with Gasteiger partial charge < -0.3 is 4.74 Å². The molecule has 0 aromatic heterocycles. The van der Waals surface area contributed by atoms with Gasteiger partial charge in [-0.1, -0.05) is 34.8 Å². The van der Waals surface area contributed by atoms with Gasteiger partial charge in [-0.15, -0.1) is 0 Å². The summed E-state index contributed by atoms with van der Waals surface area (Å²) >= 11 is 17.5. The van der Waals surface area contributed by atoms with Gasteiger partial charge in [0.1, 0.15) is 0 Å². The van der Waals surface area contributed by atoms with Crippen LogP contribution in [0.25, 0.3) is 0 Å². The second kappa shape index (κ2) is 4.82. The highest BCUT2D eigenvalue weighted by Gasteiger charge is 2.25. The summed E-state index contributed by atoms with van der Waals surface area (Å²) in [5, 5.41) is 0.829. The van der Waals surface area contributed by atoms with Crippen LogP contribution < -0.4 is 4.74 Å². The van der Waals surface area contributed by atoms with E-state index in [9.17, 15) is 4.79 Å². The smallest absolute Gasteiger partial charge is 0.316 e. The van der Waals surface area contributed by atoms with Crippen molar-refractivity contribution in [2.75, 3.05) is 0 Å². The molecular formula is C11H11Cl3O2. The standard InChI is InChI=1S/C11H11Cl3O2/c1-11(2,3)10(15)16-9-7(13)4-6(12)5-8(9)14/h4-5H,1-3H3. The fourth-order valence-corrected chi connectivity index (χ4v) is 1.77. The molecule has 0 fully saturated rings. The molecule has 0 spiro atoms. The first-order valence-corrected chi connectivity index (χ1v) is 5.72. The maximum absolute atomic E-state index is 11.7. The molecule has 1 aromatic rings. The van der Waals surface area contributed by atoms with Crippen LogP contribution in [0.1, 0.15) is 20.8 Å². The number of carbonyl (C=O) groups is 1. The fraction of sp³-hybridized carbons (Fsp3) is 0.364. The van der Waals surface area contributed by atoms with E-state index in [2.05, 4.69) is 0 Å². The van der Waals surface area contributed by atoms with Crippen molar-refractivity contribution in [1.82, 2.24) is 0 Å². The van der Waals surface area contributed by atoms with E-state index < -0.39 is 11.4 Å². The van der Waals surface area contributed by atoms with E-state index >= 15 is 0 Å². The van der Waals surface area contributed by atoms with E-state index in [1.165, 1.54) is 12.1 Å². The van der Waals surface area contributed by atoms with E-state index in [-0.39, 0.29) is 15.8 Å². The molecule has 0 bridgehead atoms. The van der Waals surface area contributed by atoms with Crippen molar-refractivity contribution in [3.05, 3.63) is 27.2 Å². The van der Waals surface area contributed by atoms with Crippen LogP contribution in [0.5, 0.6) is 5.75 Å². The van der Waals surface area contributed by atoms with Crippen LogP contribution in [-0.4, -0.2) is 5.97 Å². The number of halogens is 3. The molecule has 0 unspecified atom stereocenters. The van der Waals surface area contributed by atoms with Crippen molar-refractivity contribution in [2.24, 2.45) is 5.41 Å². The molecule has 0 saturated heterocycles. The highest BCUT2D eigenvalue weighted by molar-refractivity contribution is 6.40. The largest absolute Gasteiger partial charge is 0.423 e. The summed E-state index contributed by atoms with van der Waals surface area (Å²) in [6, 6.07) is 2.94. The Morgan fingerprint density at radius 3 is 1.94 bits per heavy atom. The summed E-state index contributed by atoms with van der Waals surface area (Å²) in [6.45, 7) is 5.23. The van der Waals surface area contributed by atoms with Crippen LogP contribution in [0, 0.1) is 5.41 Å². The van der Waals surface area contributed by atoms with Crippen LogP contribution in [-0.2, 0) is 4.79 Å². The lowest BCUT2D eigenvalue weighted by Crippen LogP contribution is -2.25. The lowest BCUT2D eigenvalue weighted by molar-refractivity contribution is -0.142. The Kier molecular flexibility index (Phi) is 4.11. The minimum Gasteiger partial charge on any atom is -0.423 e. The van der Waals surface area contributed by atoms with Gasteiger partial charge in [-0.25, -0.2) is 0 Å². The van der Waals surface area contributed by atoms with Gasteiger partial charge in [0, 0.05) is 5.02 Å². The predicted molar refractivity (Wildman–Crippen MR) is 66.6 cm³/mol.